The summed E-state index contributed by atoms with van der Waals surface area (Å²) in [6, 6.07) is 11.0. The highest BCUT2D eigenvalue weighted by Gasteiger charge is 2.35. The molecule has 2 fully saturated rings. The lowest BCUT2D eigenvalue weighted by atomic mass is 9.90. The summed E-state index contributed by atoms with van der Waals surface area (Å²) in [7, 11) is 1.72. The molecule has 2 amide bonds. The number of rotatable bonds is 8. The van der Waals surface area contributed by atoms with E-state index in [1.54, 1.807) is 18.1 Å². The molecule has 2 saturated heterocycles. The topological polar surface area (TPSA) is 126 Å². The van der Waals surface area contributed by atoms with Crippen molar-refractivity contribution in [2.45, 2.75) is 44.1 Å². The van der Waals surface area contributed by atoms with Gasteiger partial charge in [-0.25, -0.2) is 0 Å². The summed E-state index contributed by atoms with van der Waals surface area (Å²) in [4.78, 5) is 38.8. The van der Waals surface area contributed by atoms with Gasteiger partial charge in [0.1, 0.15) is 6.04 Å². The summed E-state index contributed by atoms with van der Waals surface area (Å²) in [6.07, 6.45) is 6.42. The van der Waals surface area contributed by atoms with Crippen molar-refractivity contribution in [3.05, 3.63) is 60.6 Å². The Bertz CT molecular complexity index is 1250. The minimum absolute atomic E-state index is 0.0876. The molecule has 4 N–H and O–H groups in total. The molecule has 0 saturated carbocycles. The van der Waals surface area contributed by atoms with Gasteiger partial charge in [0.05, 0.1) is 37.7 Å². The number of benzene rings is 1. The Morgan fingerprint density at radius 3 is 2.64 bits per heavy atom. The predicted molar refractivity (Wildman–Crippen MR) is 149 cm³/mol. The van der Waals surface area contributed by atoms with Gasteiger partial charge in [-0.3, -0.25) is 14.6 Å². The lowest BCUT2D eigenvalue weighted by Crippen LogP contribution is -2.54. The summed E-state index contributed by atoms with van der Waals surface area (Å²) < 4.78 is 11.3. The van der Waals surface area contributed by atoms with Gasteiger partial charge in [0, 0.05) is 55.3 Å². The molecule has 0 aliphatic carbocycles. The van der Waals surface area contributed by atoms with Crippen LogP contribution < -0.4 is 16.0 Å². The van der Waals surface area contributed by atoms with E-state index in [9.17, 15) is 9.59 Å². The average Bonchev–Trinajstić information content (AvgIpc) is 3.41. The minimum atomic E-state index is -0.746. The first-order valence-corrected chi connectivity index (χ1v) is 13.7. The average molecular weight is 535 g/mol. The van der Waals surface area contributed by atoms with E-state index in [0.717, 1.165) is 35.2 Å². The molecule has 4 heterocycles. The number of amides is 2. The summed E-state index contributed by atoms with van der Waals surface area (Å²) in [5.41, 5.74) is 8.90. The van der Waals surface area contributed by atoms with Crippen LogP contribution in [0.3, 0.4) is 0 Å². The molecule has 3 aromatic rings. The summed E-state index contributed by atoms with van der Waals surface area (Å²) >= 11 is 0. The number of nitrogens with two attached hydrogens (primary N) is 1. The summed E-state index contributed by atoms with van der Waals surface area (Å²) in [5, 5.41) is 4.18. The third kappa shape index (κ3) is 6.24. The van der Waals surface area contributed by atoms with Gasteiger partial charge >= 0.3 is 0 Å². The van der Waals surface area contributed by atoms with Crippen LogP contribution in [0, 0.1) is 5.92 Å². The van der Waals surface area contributed by atoms with Crippen molar-refractivity contribution in [1.82, 2.24) is 20.2 Å². The van der Waals surface area contributed by atoms with Crippen LogP contribution in [0.1, 0.15) is 31.2 Å². The molecule has 1 aromatic carbocycles. The maximum atomic E-state index is 13.9. The lowest BCUT2D eigenvalue weighted by molar-refractivity contribution is -0.193. The Labute approximate surface area is 228 Å². The maximum Gasteiger partial charge on any atom is 0.245 e. The first kappa shape index (κ1) is 27.1. The summed E-state index contributed by atoms with van der Waals surface area (Å²) in [5.74, 6) is -0.705. The van der Waals surface area contributed by atoms with E-state index in [4.69, 9.17) is 15.2 Å². The largest absolute Gasteiger partial charge is 0.370 e. The van der Waals surface area contributed by atoms with Gasteiger partial charge in [0.25, 0.3) is 0 Å². The van der Waals surface area contributed by atoms with Crippen LogP contribution in [-0.4, -0.2) is 85.0 Å². The number of para-hydroxylation sites is 1. The third-order valence-corrected chi connectivity index (χ3v) is 7.84. The monoisotopic (exact) mass is 534 g/mol. The molecule has 208 valence electrons. The number of hydrogen-bond donors (Lipinski definition) is 3. The van der Waals surface area contributed by atoms with Gasteiger partial charge in [0.15, 0.2) is 6.29 Å². The number of aromatic amines is 1. The van der Waals surface area contributed by atoms with E-state index in [-0.39, 0.29) is 36.2 Å². The number of carbonyl (C=O) groups is 2. The van der Waals surface area contributed by atoms with Crippen molar-refractivity contribution in [2.24, 2.45) is 11.7 Å². The number of likely N-dealkylation sites (N-methyl/N-ethyl adjacent to an activating group) is 1. The fraction of sp³-hybridized carbons (Fsp3) is 0.483. The molecule has 5 rings (SSSR count). The molecule has 0 spiro atoms. The standard InChI is InChI=1S/C29H38N6O4/c1-19(24-15-32-25-8-4-3-7-23(24)25)27(29(37)34(2)16-26-38-17-21(30)18-39-26)33-28(36)20-9-12-35(13-10-20)22-6-5-11-31-14-22/h3-8,11,14-15,19-21,26-27,32H,9-10,12-13,16-18,30H2,1-2H3,(H,33,36)/t19-,21?,26?,27+/m0/s1. The molecular weight excluding hydrogens is 496 g/mol. The zero-order valence-corrected chi connectivity index (χ0v) is 22.6. The van der Waals surface area contributed by atoms with Crippen LogP contribution in [0.15, 0.2) is 55.0 Å². The number of H-pyrrole nitrogens is 1. The third-order valence-electron chi connectivity index (χ3n) is 7.84. The van der Waals surface area contributed by atoms with Crippen molar-refractivity contribution < 1.29 is 19.1 Å². The van der Waals surface area contributed by atoms with Gasteiger partial charge in [0.2, 0.25) is 11.8 Å². The zero-order chi connectivity index (χ0) is 27.4. The molecular formula is C29H38N6O4. The van der Waals surface area contributed by atoms with Crippen LogP contribution in [0.2, 0.25) is 0 Å². The number of carbonyl (C=O) groups excluding carboxylic acids is 2. The number of anilines is 1. The number of nitrogens with one attached hydrogen (secondary N) is 2. The van der Waals surface area contributed by atoms with E-state index >= 15 is 0 Å². The Kier molecular flexibility index (Phi) is 8.44. The molecule has 10 nitrogen and oxygen atoms in total. The van der Waals surface area contributed by atoms with Crippen molar-refractivity contribution in [3.8, 4) is 0 Å². The maximum absolute atomic E-state index is 13.9. The van der Waals surface area contributed by atoms with Crippen molar-refractivity contribution in [3.63, 3.8) is 0 Å². The highest BCUT2D eigenvalue weighted by Crippen LogP contribution is 2.29. The fourth-order valence-corrected chi connectivity index (χ4v) is 5.48. The van der Waals surface area contributed by atoms with Crippen LogP contribution in [0.5, 0.6) is 0 Å². The van der Waals surface area contributed by atoms with Crippen molar-refractivity contribution in [1.29, 1.82) is 0 Å². The lowest BCUT2D eigenvalue weighted by Gasteiger charge is -2.35. The van der Waals surface area contributed by atoms with E-state index < -0.39 is 12.3 Å². The highest BCUT2D eigenvalue weighted by molar-refractivity contribution is 5.91. The van der Waals surface area contributed by atoms with Gasteiger partial charge in [-0.2, -0.15) is 0 Å². The number of pyridine rings is 1. The van der Waals surface area contributed by atoms with E-state index in [0.29, 0.717) is 26.1 Å². The second kappa shape index (κ2) is 12.1. The summed E-state index contributed by atoms with van der Waals surface area (Å²) in [6.45, 7) is 4.54. The van der Waals surface area contributed by atoms with E-state index in [2.05, 4.69) is 20.2 Å². The van der Waals surface area contributed by atoms with Crippen LogP contribution >= 0.6 is 0 Å². The number of fused-ring (bicyclic) bond motifs is 1. The molecule has 2 atom stereocenters. The number of piperidine rings is 1. The molecule has 0 bridgehead atoms. The number of ether oxygens (including phenoxy) is 2. The Balaban J connectivity index is 1.30. The Morgan fingerprint density at radius 1 is 1.18 bits per heavy atom. The van der Waals surface area contributed by atoms with E-state index in [1.165, 1.54) is 0 Å². The van der Waals surface area contributed by atoms with Crippen LogP contribution in [0.25, 0.3) is 10.9 Å². The second-order valence-corrected chi connectivity index (χ2v) is 10.6. The second-order valence-electron chi connectivity index (χ2n) is 10.6. The minimum Gasteiger partial charge on any atom is -0.370 e. The highest BCUT2D eigenvalue weighted by atomic mass is 16.7. The van der Waals surface area contributed by atoms with E-state index in [1.807, 2.05) is 55.7 Å². The van der Waals surface area contributed by atoms with Gasteiger partial charge < -0.3 is 35.3 Å². The van der Waals surface area contributed by atoms with Gasteiger partial charge in [-0.15, -0.1) is 0 Å². The molecule has 10 heteroatoms. The number of aromatic nitrogens is 2. The number of nitrogens with zero attached hydrogens (tertiary/aromatic N) is 3. The van der Waals surface area contributed by atoms with Crippen LogP contribution in [0.4, 0.5) is 5.69 Å². The van der Waals surface area contributed by atoms with Crippen molar-refractivity contribution >= 4 is 28.4 Å². The molecule has 0 unspecified atom stereocenters. The first-order chi connectivity index (χ1) is 18.9. The smallest absolute Gasteiger partial charge is 0.245 e. The molecule has 2 aliphatic rings. The predicted octanol–water partition coefficient (Wildman–Crippen LogP) is 2.23. The van der Waals surface area contributed by atoms with Gasteiger partial charge in [-0.1, -0.05) is 25.1 Å². The first-order valence-electron chi connectivity index (χ1n) is 13.7. The Hall–Kier alpha value is -3.47. The fourth-order valence-electron chi connectivity index (χ4n) is 5.48. The van der Waals surface area contributed by atoms with Crippen LogP contribution in [-0.2, 0) is 19.1 Å². The molecule has 2 aliphatic heterocycles. The Morgan fingerprint density at radius 2 is 1.92 bits per heavy atom. The van der Waals surface area contributed by atoms with Gasteiger partial charge in [-0.05, 0) is 36.6 Å². The molecule has 0 radical (unpaired) electrons. The number of hydrogen-bond acceptors (Lipinski definition) is 7. The molecule has 2 aromatic heterocycles. The zero-order valence-electron chi connectivity index (χ0n) is 22.6. The normalized spacial score (nSPS) is 21.9. The quantitative estimate of drug-likeness (QED) is 0.405. The SMILES string of the molecule is C[C@@H](c1c[nH]c2ccccc12)[C@@H](NC(=O)C1CCN(c2cccnc2)CC1)C(=O)N(C)CC1OCC(N)CO1. The van der Waals surface area contributed by atoms with Crippen molar-refractivity contribution in [2.75, 3.05) is 44.8 Å². The molecule has 39 heavy (non-hydrogen) atoms.